The van der Waals surface area contributed by atoms with Crippen LogP contribution in [0.2, 0.25) is 15.1 Å². The van der Waals surface area contributed by atoms with Crippen LogP contribution in [0.25, 0.3) is 0 Å². The summed E-state index contributed by atoms with van der Waals surface area (Å²) < 4.78 is 0. The first kappa shape index (κ1) is 20.3. The summed E-state index contributed by atoms with van der Waals surface area (Å²) in [6.45, 7) is 0. The molecule has 0 saturated heterocycles. The number of hydrogen-bond donors (Lipinski definition) is 4. The molecule has 1 aliphatic rings. The van der Waals surface area contributed by atoms with Crippen LogP contribution in [0.4, 0.5) is 11.4 Å². The Labute approximate surface area is 186 Å². The minimum absolute atomic E-state index is 0.122. The van der Waals surface area contributed by atoms with Gasteiger partial charge in [0, 0.05) is 31.8 Å². The maximum atomic E-state index is 11.5. The lowest BCUT2D eigenvalue weighted by atomic mass is 9.90. The van der Waals surface area contributed by atoms with Crippen molar-refractivity contribution in [3.63, 3.8) is 0 Å². The van der Waals surface area contributed by atoms with Crippen LogP contribution in [0.3, 0.4) is 0 Å². The second-order valence-corrected chi connectivity index (χ2v) is 8.00. The number of carbonyl (C=O) groups is 2. The summed E-state index contributed by atoms with van der Waals surface area (Å²) in [5.41, 5.74) is 6.97. The number of primary amides is 1. The predicted octanol–water partition coefficient (Wildman–Crippen LogP) is 5.18. The molecule has 30 heavy (non-hydrogen) atoms. The fourth-order valence-electron chi connectivity index (χ4n) is 3.51. The number of carboxylic acid groups (broad SMARTS) is 1. The van der Waals surface area contributed by atoms with E-state index in [0.29, 0.717) is 32.5 Å². The summed E-state index contributed by atoms with van der Waals surface area (Å²) >= 11 is 19.2. The molecule has 0 aliphatic carbocycles. The van der Waals surface area contributed by atoms with E-state index in [-0.39, 0.29) is 16.1 Å². The molecule has 0 bridgehead atoms. The molecule has 3 aromatic rings. The second kappa shape index (κ2) is 7.40. The molecule has 3 aromatic carbocycles. The van der Waals surface area contributed by atoms with E-state index >= 15 is 0 Å². The summed E-state index contributed by atoms with van der Waals surface area (Å²) in [5.74, 6) is -1.66. The van der Waals surface area contributed by atoms with Gasteiger partial charge in [0.1, 0.15) is 0 Å². The van der Waals surface area contributed by atoms with Crippen LogP contribution in [0.5, 0.6) is 0 Å². The van der Waals surface area contributed by atoms with Gasteiger partial charge in [-0.2, -0.15) is 0 Å². The molecule has 1 aliphatic heterocycles. The molecule has 1 atom stereocenters. The molecule has 1 amide bonds. The molecule has 0 fully saturated rings. The summed E-state index contributed by atoms with van der Waals surface area (Å²) in [6, 6.07) is 14.4. The Morgan fingerprint density at radius 3 is 2.00 bits per heavy atom. The monoisotopic (exact) mass is 461 g/mol. The van der Waals surface area contributed by atoms with Crippen LogP contribution in [0.15, 0.2) is 54.6 Å². The number of carbonyl (C=O) groups excluding carboxylic acids is 1. The maximum Gasteiger partial charge on any atom is 0.335 e. The van der Waals surface area contributed by atoms with E-state index in [9.17, 15) is 14.7 Å². The number of benzene rings is 3. The average Bonchev–Trinajstić information content (AvgIpc) is 3.06. The molecule has 9 heteroatoms. The number of halogens is 3. The van der Waals surface area contributed by atoms with Gasteiger partial charge in [-0.1, -0.05) is 46.9 Å². The Bertz CT molecular complexity index is 1220. The standard InChI is InChI=1S/C21H14Cl3N3O3/c22-12-3-5-14(16(24)9-12)21(13-4-1-10(19(25)28)7-15(13)23)26-17-6-2-11(20(29)30)8-18(17)27-21/h1-9,26-27H,(H2,25,28)(H,29,30). The SMILES string of the molecule is NC(=O)c1ccc(C2(c3ccc(Cl)cc3Cl)Nc3ccc(C(=O)O)cc3N2)c(Cl)c1. The fraction of sp³-hybridized carbons (Fsp3) is 0.0476. The van der Waals surface area contributed by atoms with Gasteiger partial charge >= 0.3 is 5.97 Å². The van der Waals surface area contributed by atoms with Gasteiger partial charge in [-0.25, -0.2) is 4.79 Å². The van der Waals surface area contributed by atoms with Gasteiger partial charge in [-0.3, -0.25) is 4.79 Å². The number of hydrogen-bond acceptors (Lipinski definition) is 4. The zero-order chi connectivity index (χ0) is 21.6. The van der Waals surface area contributed by atoms with E-state index in [4.69, 9.17) is 40.5 Å². The normalized spacial score (nSPS) is 17.0. The van der Waals surface area contributed by atoms with Crippen molar-refractivity contribution in [1.82, 2.24) is 0 Å². The van der Waals surface area contributed by atoms with E-state index in [1.54, 1.807) is 36.4 Å². The van der Waals surface area contributed by atoms with Crippen LogP contribution in [-0.2, 0) is 5.66 Å². The quantitative estimate of drug-likeness (QED) is 0.427. The Balaban J connectivity index is 1.94. The van der Waals surface area contributed by atoms with Crippen LogP contribution in [-0.4, -0.2) is 17.0 Å². The number of nitrogens with one attached hydrogen (secondary N) is 2. The minimum Gasteiger partial charge on any atom is -0.478 e. The Morgan fingerprint density at radius 1 is 0.800 bits per heavy atom. The van der Waals surface area contributed by atoms with Crippen molar-refractivity contribution in [2.24, 2.45) is 5.73 Å². The average molecular weight is 463 g/mol. The van der Waals surface area contributed by atoms with Crippen molar-refractivity contribution in [3.05, 3.63) is 91.9 Å². The highest BCUT2D eigenvalue weighted by molar-refractivity contribution is 6.35. The highest BCUT2D eigenvalue weighted by atomic mass is 35.5. The summed E-state index contributed by atoms with van der Waals surface area (Å²) in [4.78, 5) is 22.9. The van der Waals surface area contributed by atoms with Crippen LogP contribution in [0.1, 0.15) is 31.8 Å². The number of aromatic carboxylic acids is 1. The molecule has 1 unspecified atom stereocenters. The zero-order valence-electron chi connectivity index (χ0n) is 15.2. The molecule has 0 aromatic heterocycles. The zero-order valence-corrected chi connectivity index (χ0v) is 17.4. The molecule has 1 heterocycles. The van der Waals surface area contributed by atoms with Crippen molar-refractivity contribution in [2.75, 3.05) is 10.6 Å². The number of anilines is 2. The highest BCUT2D eigenvalue weighted by Gasteiger charge is 2.43. The third kappa shape index (κ3) is 3.33. The molecule has 5 N–H and O–H groups in total. The van der Waals surface area contributed by atoms with Crippen molar-refractivity contribution >= 4 is 58.1 Å². The van der Waals surface area contributed by atoms with Gasteiger partial charge in [0.05, 0.1) is 16.9 Å². The van der Waals surface area contributed by atoms with Crippen molar-refractivity contribution in [3.8, 4) is 0 Å². The first-order chi connectivity index (χ1) is 14.2. The third-order valence-electron chi connectivity index (χ3n) is 4.90. The molecule has 4 rings (SSSR count). The summed E-state index contributed by atoms with van der Waals surface area (Å²) in [5, 5.41) is 17.1. The van der Waals surface area contributed by atoms with Gasteiger partial charge in [-0.15, -0.1) is 0 Å². The van der Waals surface area contributed by atoms with Crippen LogP contribution >= 0.6 is 34.8 Å². The number of rotatable bonds is 4. The van der Waals surface area contributed by atoms with Gasteiger partial charge in [0.15, 0.2) is 5.66 Å². The molecular weight excluding hydrogens is 449 g/mol. The molecule has 152 valence electrons. The van der Waals surface area contributed by atoms with E-state index in [1.165, 1.54) is 18.2 Å². The predicted molar refractivity (Wildman–Crippen MR) is 118 cm³/mol. The molecule has 6 nitrogen and oxygen atoms in total. The lowest BCUT2D eigenvalue weighted by molar-refractivity contribution is 0.0696. The lowest BCUT2D eigenvalue weighted by Gasteiger charge is -2.34. The smallest absolute Gasteiger partial charge is 0.335 e. The first-order valence-corrected chi connectivity index (χ1v) is 9.84. The van der Waals surface area contributed by atoms with Gasteiger partial charge in [-0.05, 0) is 42.5 Å². The fourth-order valence-corrected chi connectivity index (χ4v) is 4.38. The topological polar surface area (TPSA) is 104 Å². The number of carboxylic acids is 1. The third-order valence-corrected chi connectivity index (χ3v) is 5.76. The van der Waals surface area contributed by atoms with E-state index in [0.717, 1.165) is 0 Å². The van der Waals surface area contributed by atoms with E-state index in [2.05, 4.69) is 10.6 Å². The molecule has 0 spiro atoms. The molecule has 0 saturated carbocycles. The van der Waals surface area contributed by atoms with E-state index < -0.39 is 17.5 Å². The summed E-state index contributed by atoms with van der Waals surface area (Å²) in [7, 11) is 0. The highest BCUT2D eigenvalue weighted by Crippen LogP contribution is 2.48. The van der Waals surface area contributed by atoms with Crippen molar-refractivity contribution in [1.29, 1.82) is 0 Å². The number of amides is 1. The van der Waals surface area contributed by atoms with Crippen molar-refractivity contribution < 1.29 is 14.7 Å². The Hall–Kier alpha value is -2.93. The van der Waals surface area contributed by atoms with E-state index in [1.807, 2.05) is 0 Å². The molecule has 0 radical (unpaired) electrons. The second-order valence-electron chi connectivity index (χ2n) is 6.75. The Kier molecular flexibility index (Phi) is 5.02. The first-order valence-electron chi connectivity index (χ1n) is 8.70. The number of nitrogens with two attached hydrogens (primary N) is 1. The van der Waals surface area contributed by atoms with Crippen LogP contribution < -0.4 is 16.4 Å². The minimum atomic E-state index is -1.14. The molecular formula is C21H14Cl3N3O3. The van der Waals surface area contributed by atoms with Gasteiger partial charge < -0.3 is 21.5 Å². The van der Waals surface area contributed by atoms with Gasteiger partial charge in [0.2, 0.25) is 5.91 Å². The van der Waals surface area contributed by atoms with Crippen LogP contribution in [0, 0.1) is 0 Å². The maximum absolute atomic E-state index is 11.5. The summed E-state index contributed by atoms with van der Waals surface area (Å²) in [6.07, 6.45) is 0. The number of fused-ring (bicyclic) bond motifs is 1. The van der Waals surface area contributed by atoms with Gasteiger partial charge in [0.25, 0.3) is 0 Å². The largest absolute Gasteiger partial charge is 0.478 e. The van der Waals surface area contributed by atoms with Crippen molar-refractivity contribution in [2.45, 2.75) is 5.66 Å². The lowest BCUT2D eigenvalue weighted by Crippen LogP contribution is -2.40. The Morgan fingerprint density at radius 2 is 1.40 bits per heavy atom.